The minimum Gasteiger partial charge on any atom is -0.464 e. The van der Waals surface area contributed by atoms with Gasteiger partial charge in [-0.05, 0) is 50.5 Å². The summed E-state index contributed by atoms with van der Waals surface area (Å²) in [7, 11) is 0. The maximum atomic E-state index is 12.7. The maximum absolute atomic E-state index is 12.7. The Labute approximate surface area is 209 Å². The number of hydrogen-bond acceptors (Lipinski definition) is 5. The average Bonchev–Trinajstić information content (AvgIpc) is 3.35. The molecule has 3 unspecified atom stereocenters. The maximum Gasteiger partial charge on any atom is 0.309 e. The predicted molar refractivity (Wildman–Crippen MR) is 136 cm³/mol. The molecule has 2 N–H and O–H groups in total. The Morgan fingerprint density at radius 3 is 2.63 bits per heavy atom. The smallest absolute Gasteiger partial charge is 0.309 e. The number of nitrogens with zero attached hydrogens (tertiary/aromatic N) is 1. The van der Waals surface area contributed by atoms with E-state index in [1.807, 2.05) is 36.4 Å². The number of hydrogen-bond donors (Lipinski definition) is 2. The van der Waals surface area contributed by atoms with Crippen molar-refractivity contribution in [1.29, 1.82) is 0 Å². The molecule has 35 heavy (non-hydrogen) atoms. The van der Waals surface area contributed by atoms with E-state index in [1.54, 1.807) is 11.0 Å². The Kier molecular flexibility index (Phi) is 12.8. The van der Waals surface area contributed by atoms with E-state index in [0.717, 1.165) is 31.2 Å². The SMILES string of the molecule is C=CCCCC(Cc1ccccc1)C(=O)OCCNC(=O)C(CC=C)CC(=O)N1CCCC1CO. The van der Waals surface area contributed by atoms with Crippen molar-refractivity contribution in [2.75, 3.05) is 26.3 Å². The summed E-state index contributed by atoms with van der Waals surface area (Å²) >= 11 is 0. The summed E-state index contributed by atoms with van der Waals surface area (Å²) in [6, 6.07) is 9.69. The van der Waals surface area contributed by atoms with Gasteiger partial charge in [0.2, 0.25) is 11.8 Å². The number of allylic oxidation sites excluding steroid dienone is 2. The van der Waals surface area contributed by atoms with Crippen LogP contribution < -0.4 is 5.32 Å². The first kappa shape index (κ1) is 28.3. The summed E-state index contributed by atoms with van der Waals surface area (Å²) in [6.07, 6.45) is 8.57. The molecule has 1 aliphatic rings. The van der Waals surface area contributed by atoms with Gasteiger partial charge >= 0.3 is 5.97 Å². The molecule has 1 aromatic rings. The molecule has 1 aliphatic heterocycles. The highest BCUT2D eigenvalue weighted by Gasteiger charge is 2.31. The van der Waals surface area contributed by atoms with E-state index in [0.29, 0.717) is 25.8 Å². The van der Waals surface area contributed by atoms with Gasteiger partial charge in [-0.1, -0.05) is 42.5 Å². The van der Waals surface area contributed by atoms with Gasteiger partial charge in [0.15, 0.2) is 0 Å². The molecule has 0 aliphatic carbocycles. The van der Waals surface area contributed by atoms with Crippen LogP contribution in [0.15, 0.2) is 55.6 Å². The zero-order chi connectivity index (χ0) is 25.5. The van der Waals surface area contributed by atoms with Gasteiger partial charge in [-0.2, -0.15) is 0 Å². The Balaban J connectivity index is 1.81. The average molecular weight is 485 g/mol. The number of nitrogens with one attached hydrogen (secondary N) is 1. The van der Waals surface area contributed by atoms with E-state index in [2.05, 4.69) is 18.5 Å². The molecule has 0 radical (unpaired) electrons. The van der Waals surface area contributed by atoms with Crippen LogP contribution in [0.5, 0.6) is 0 Å². The quantitative estimate of drug-likeness (QED) is 0.213. The third-order valence-electron chi connectivity index (χ3n) is 6.42. The molecule has 3 atom stereocenters. The lowest BCUT2D eigenvalue weighted by Crippen LogP contribution is -2.41. The number of carbonyl (C=O) groups excluding carboxylic acids is 3. The lowest BCUT2D eigenvalue weighted by Gasteiger charge is -2.25. The zero-order valence-corrected chi connectivity index (χ0v) is 20.7. The topological polar surface area (TPSA) is 95.9 Å². The number of unbranched alkanes of at least 4 members (excludes halogenated alkanes) is 1. The van der Waals surface area contributed by atoms with Crippen molar-refractivity contribution in [2.24, 2.45) is 11.8 Å². The van der Waals surface area contributed by atoms with Crippen LogP contribution >= 0.6 is 0 Å². The number of likely N-dealkylation sites (tertiary alicyclic amines) is 1. The van der Waals surface area contributed by atoms with Gasteiger partial charge in [-0.25, -0.2) is 0 Å². The van der Waals surface area contributed by atoms with Crippen molar-refractivity contribution in [3.05, 3.63) is 61.2 Å². The molecular formula is C28H40N2O5. The predicted octanol–water partition coefficient (Wildman–Crippen LogP) is 3.43. The molecule has 0 spiro atoms. The van der Waals surface area contributed by atoms with Crippen molar-refractivity contribution in [3.8, 4) is 0 Å². The van der Waals surface area contributed by atoms with Gasteiger partial charge in [0.25, 0.3) is 0 Å². The zero-order valence-electron chi connectivity index (χ0n) is 20.7. The second-order valence-corrected chi connectivity index (χ2v) is 9.06. The summed E-state index contributed by atoms with van der Waals surface area (Å²) in [5.74, 6) is -1.45. The summed E-state index contributed by atoms with van der Waals surface area (Å²) in [5.41, 5.74) is 1.08. The minimum absolute atomic E-state index is 0.0612. The number of aliphatic hydroxyl groups is 1. The summed E-state index contributed by atoms with van der Waals surface area (Å²) < 4.78 is 5.49. The summed E-state index contributed by atoms with van der Waals surface area (Å²) in [4.78, 5) is 39.8. The standard InChI is InChI=1S/C28H40N2O5/c1-3-5-7-14-24(19-22-12-8-6-9-13-22)28(34)35-18-16-29-27(33)23(11-4-2)20-26(32)30-17-10-15-25(30)21-31/h3-4,6,8-9,12-13,23-25,31H,1-2,5,7,10-11,14-21H2,(H,29,33). The molecule has 1 aromatic carbocycles. The molecule has 1 saturated heterocycles. The first-order valence-corrected chi connectivity index (χ1v) is 12.6. The number of benzene rings is 1. The molecule has 1 heterocycles. The van der Waals surface area contributed by atoms with Crippen molar-refractivity contribution < 1.29 is 24.2 Å². The highest BCUT2D eigenvalue weighted by Crippen LogP contribution is 2.21. The van der Waals surface area contributed by atoms with Crippen molar-refractivity contribution in [2.45, 2.75) is 57.4 Å². The first-order chi connectivity index (χ1) is 17.0. The van der Waals surface area contributed by atoms with Crippen LogP contribution in [0.4, 0.5) is 0 Å². The third kappa shape index (κ3) is 9.68. The van der Waals surface area contributed by atoms with Crippen molar-refractivity contribution in [3.63, 3.8) is 0 Å². The second kappa shape index (κ2) is 15.9. The van der Waals surface area contributed by atoms with E-state index >= 15 is 0 Å². The third-order valence-corrected chi connectivity index (χ3v) is 6.42. The van der Waals surface area contributed by atoms with Gasteiger partial charge < -0.3 is 20.1 Å². The molecule has 0 saturated carbocycles. The Morgan fingerprint density at radius 1 is 1.17 bits per heavy atom. The number of rotatable bonds is 16. The highest BCUT2D eigenvalue weighted by atomic mass is 16.5. The fraction of sp³-hybridized carbons (Fsp3) is 0.536. The molecule has 1 fully saturated rings. The summed E-state index contributed by atoms with van der Waals surface area (Å²) in [6.45, 7) is 8.25. The molecular weight excluding hydrogens is 444 g/mol. The fourth-order valence-corrected chi connectivity index (χ4v) is 4.46. The van der Waals surface area contributed by atoms with E-state index in [4.69, 9.17) is 4.74 Å². The van der Waals surface area contributed by atoms with Gasteiger partial charge in [-0.3, -0.25) is 14.4 Å². The fourth-order valence-electron chi connectivity index (χ4n) is 4.46. The monoisotopic (exact) mass is 484 g/mol. The molecule has 192 valence electrons. The van der Waals surface area contributed by atoms with E-state index in [1.165, 1.54) is 0 Å². The largest absolute Gasteiger partial charge is 0.464 e. The van der Waals surface area contributed by atoms with E-state index in [-0.39, 0.29) is 55.9 Å². The molecule has 2 amide bonds. The van der Waals surface area contributed by atoms with Crippen molar-refractivity contribution in [1.82, 2.24) is 10.2 Å². The van der Waals surface area contributed by atoms with Crippen LogP contribution in [-0.2, 0) is 25.5 Å². The molecule has 7 heteroatoms. The van der Waals surface area contributed by atoms with Gasteiger partial charge in [0.05, 0.1) is 31.0 Å². The Bertz CT molecular complexity index is 826. The molecule has 7 nitrogen and oxygen atoms in total. The van der Waals surface area contributed by atoms with E-state index in [9.17, 15) is 19.5 Å². The minimum atomic E-state index is -0.541. The number of aliphatic hydroxyl groups excluding tert-OH is 1. The lowest BCUT2D eigenvalue weighted by atomic mass is 9.94. The highest BCUT2D eigenvalue weighted by molar-refractivity contribution is 5.86. The van der Waals surface area contributed by atoms with Gasteiger partial charge in [0, 0.05) is 13.0 Å². The number of esters is 1. The molecule has 0 bridgehead atoms. The Hall–Kier alpha value is -2.93. The summed E-state index contributed by atoms with van der Waals surface area (Å²) in [5, 5.41) is 12.3. The van der Waals surface area contributed by atoms with Crippen LogP contribution in [0.25, 0.3) is 0 Å². The molecule has 2 rings (SSSR count). The van der Waals surface area contributed by atoms with Crippen LogP contribution in [-0.4, -0.2) is 60.1 Å². The number of carbonyl (C=O) groups is 3. The van der Waals surface area contributed by atoms with Crippen molar-refractivity contribution >= 4 is 17.8 Å². The van der Waals surface area contributed by atoms with Crippen LogP contribution in [0.1, 0.15) is 50.5 Å². The normalized spacial score (nSPS) is 16.8. The van der Waals surface area contributed by atoms with Crippen LogP contribution in [0.3, 0.4) is 0 Å². The second-order valence-electron chi connectivity index (χ2n) is 9.06. The van der Waals surface area contributed by atoms with Gasteiger partial charge in [-0.15, -0.1) is 13.2 Å². The lowest BCUT2D eigenvalue weighted by molar-refractivity contribution is -0.149. The Morgan fingerprint density at radius 2 is 1.94 bits per heavy atom. The number of ether oxygens (including phenoxy) is 1. The first-order valence-electron chi connectivity index (χ1n) is 12.6. The van der Waals surface area contributed by atoms with Crippen LogP contribution in [0.2, 0.25) is 0 Å². The molecule has 0 aromatic heterocycles. The number of amides is 2. The van der Waals surface area contributed by atoms with Gasteiger partial charge in [0.1, 0.15) is 6.61 Å². The van der Waals surface area contributed by atoms with E-state index < -0.39 is 5.92 Å². The van der Waals surface area contributed by atoms with Crippen LogP contribution in [0, 0.1) is 11.8 Å².